The van der Waals surface area contributed by atoms with Gasteiger partial charge < -0.3 is 11.1 Å². The summed E-state index contributed by atoms with van der Waals surface area (Å²) >= 11 is 0.680. The van der Waals surface area contributed by atoms with E-state index in [4.69, 9.17) is 5.73 Å². The van der Waals surface area contributed by atoms with Crippen molar-refractivity contribution in [2.45, 2.75) is 50.6 Å². The Morgan fingerprint density at radius 2 is 1.78 bits per heavy atom. The van der Waals surface area contributed by atoms with Gasteiger partial charge in [0.15, 0.2) is 0 Å². The summed E-state index contributed by atoms with van der Waals surface area (Å²) in [5.74, 6) is -16.4. The Balaban J connectivity index is 2.39. The van der Waals surface area contributed by atoms with Gasteiger partial charge in [0.2, 0.25) is 0 Å². The molecule has 27 heavy (non-hydrogen) atoms. The fourth-order valence-electron chi connectivity index (χ4n) is 2.85. The molecule has 12 heteroatoms. The first-order valence-corrected chi connectivity index (χ1v) is 8.63. The van der Waals surface area contributed by atoms with Crippen LogP contribution in [0.2, 0.25) is 0 Å². The lowest BCUT2D eigenvalue weighted by Gasteiger charge is -2.26. The van der Waals surface area contributed by atoms with E-state index >= 15 is 0 Å². The molecule has 3 N–H and O–H groups in total. The topological polar surface area (TPSA) is 72.2 Å². The zero-order valence-electron chi connectivity index (χ0n) is 13.9. The van der Waals surface area contributed by atoms with Crippen LogP contribution in [-0.4, -0.2) is 29.8 Å². The zero-order valence-corrected chi connectivity index (χ0v) is 14.7. The van der Waals surface area contributed by atoms with Crippen molar-refractivity contribution < 1.29 is 40.3 Å². The minimum absolute atomic E-state index is 0.233. The maximum atomic E-state index is 13.5. The van der Waals surface area contributed by atoms with Gasteiger partial charge in [0.05, 0.1) is 5.56 Å². The highest BCUT2D eigenvalue weighted by Gasteiger charge is 2.76. The molecule has 0 bridgehead atoms. The van der Waals surface area contributed by atoms with E-state index in [1.54, 1.807) is 0 Å². The van der Waals surface area contributed by atoms with Crippen LogP contribution in [0, 0.1) is 5.92 Å². The molecule has 0 saturated carbocycles. The van der Waals surface area contributed by atoms with Crippen molar-refractivity contribution in [1.82, 2.24) is 0 Å². The van der Waals surface area contributed by atoms with Gasteiger partial charge in [0, 0.05) is 4.88 Å². The summed E-state index contributed by atoms with van der Waals surface area (Å²) in [6.07, 6.45) is -4.37. The number of carbonyl (C=O) groups excluding carboxylic acids is 2. The lowest BCUT2D eigenvalue weighted by atomic mass is 9.85. The van der Waals surface area contributed by atoms with E-state index in [9.17, 15) is 40.3 Å². The Bertz CT molecular complexity index is 758. The standard InChI is InChI=1S/C15H15F7N2O2S/c1-2-6-3-4-7-8(5-6)27-11(9(7)10(23)25)24-12(26)13(16,17)14(18,19)15(20,21)22/h6H,2-5H2,1H3,(H2,23,25)(H,24,26). The minimum atomic E-state index is -6.64. The average molecular weight is 420 g/mol. The van der Waals surface area contributed by atoms with E-state index in [1.807, 2.05) is 6.92 Å². The van der Waals surface area contributed by atoms with E-state index < -0.39 is 34.8 Å². The van der Waals surface area contributed by atoms with E-state index in [-0.39, 0.29) is 11.5 Å². The van der Waals surface area contributed by atoms with E-state index in [1.165, 1.54) is 5.32 Å². The van der Waals surface area contributed by atoms with Crippen molar-refractivity contribution in [3.8, 4) is 0 Å². The van der Waals surface area contributed by atoms with Crippen LogP contribution in [0.3, 0.4) is 0 Å². The fraction of sp³-hybridized carbons (Fsp3) is 0.600. The molecular weight excluding hydrogens is 405 g/mol. The van der Waals surface area contributed by atoms with Gasteiger partial charge in [-0.3, -0.25) is 9.59 Å². The number of rotatable bonds is 5. The second-order valence-electron chi connectivity index (χ2n) is 6.19. The van der Waals surface area contributed by atoms with Gasteiger partial charge in [-0.15, -0.1) is 11.3 Å². The number of primary amides is 1. The van der Waals surface area contributed by atoms with Crippen LogP contribution in [0.4, 0.5) is 35.7 Å². The number of amides is 2. The summed E-state index contributed by atoms with van der Waals surface area (Å²) in [4.78, 5) is 23.8. The number of hydrogen-bond acceptors (Lipinski definition) is 3. The molecule has 1 heterocycles. The van der Waals surface area contributed by atoms with E-state index in [0.717, 1.165) is 6.42 Å². The zero-order chi connectivity index (χ0) is 20.8. The third-order valence-corrected chi connectivity index (χ3v) is 5.62. The summed E-state index contributed by atoms with van der Waals surface area (Å²) in [5, 5.41) is 0.800. The van der Waals surface area contributed by atoms with Crippen LogP contribution in [0.5, 0.6) is 0 Å². The third kappa shape index (κ3) is 3.63. The Labute approximate surface area is 152 Å². The number of hydrogen-bond donors (Lipinski definition) is 2. The molecule has 0 fully saturated rings. The van der Waals surface area contributed by atoms with Crippen molar-refractivity contribution in [3.05, 3.63) is 16.0 Å². The SMILES string of the molecule is CCC1CCc2c(sc(NC(=O)C(F)(F)C(F)(F)C(F)(F)F)c2C(N)=O)C1. The van der Waals surface area contributed by atoms with Gasteiger partial charge in [-0.2, -0.15) is 30.7 Å². The molecule has 0 aromatic carbocycles. The molecule has 2 rings (SSSR count). The van der Waals surface area contributed by atoms with Crippen LogP contribution in [0.1, 0.15) is 40.6 Å². The monoisotopic (exact) mass is 420 g/mol. The normalized spacial score (nSPS) is 18.1. The van der Waals surface area contributed by atoms with Crippen LogP contribution in [0.25, 0.3) is 0 Å². The molecule has 1 aliphatic carbocycles. The predicted molar refractivity (Wildman–Crippen MR) is 83.2 cm³/mol. The third-order valence-electron chi connectivity index (χ3n) is 4.45. The Morgan fingerprint density at radius 3 is 2.26 bits per heavy atom. The Kier molecular flexibility index (Phi) is 5.52. The molecule has 1 aromatic rings. The number of anilines is 1. The molecule has 2 amide bonds. The van der Waals surface area contributed by atoms with Gasteiger partial charge in [-0.25, -0.2) is 0 Å². The summed E-state index contributed by atoms with van der Waals surface area (Å²) in [6.45, 7) is 1.92. The van der Waals surface area contributed by atoms with Gasteiger partial charge in [-0.1, -0.05) is 13.3 Å². The number of alkyl halides is 7. The molecule has 0 radical (unpaired) electrons. The maximum absolute atomic E-state index is 13.5. The van der Waals surface area contributed by atoms with Crippen molar-refractivity contribution in [2.24, 2.45) is 11.7 Å². The molecule has 152 valence electrons. The fourth-order valence-corrected chi connectivity index (χ4v) is 4.22. The van der Waals surface area contributed by atoms with Crippen molar-refractivity contribution >= 4 is 28.2 Å². The number of carbonyl (C=O) groups is 2. The first-order chi connectivity index (χ1) is 12.2. The highest BCUT2D eigenvalue weighted by atomic mass is 32.1. The summed E-state index contributed by atoms with van der Waals surface area (Å²) in [7, 11) is 0. The quantitative estimate of drug-likeness (QED) is 0.703. The first-order valence-electron chi connectivity index (χ1n) is 7.82. The molecule has 0 spiro atoms. The van der Waals surface area contributed by atoms with Crippen molar-refractivity contribution in [2.75, 3.05) is 5.32 Å². The minimum Gasteiger partial charge on any atom is -0.365 e. The van der Waals surface area contributed by atoms with Gasteiger partial charge in [-0.05, 0) is 30.7 Å². The highest BCUT2D eigenvalue weighted by molar-refractivity contribution is 7.17. The highest BCUT2D eigenvalue weighted by Crippen LogP contribution is 2.47. The van der Waals surface area contributed by atoms with Gasteiger partial charge in [0.25, 0.3) is 5.91 Å². The molecule has 1 atom stereocenters. The Hall–Kier alpha value is -1.85. The second kappa shape index (κ2) is 6.95. The number of nitrogens with two attached hydrogens (primary N) is 1. The maximum Gasteiger partial charge on any atom is 0.460 e. The molecule has 0 saturated heterocycles. The van der Waals surface area contributed by atoms with Crippen molar-refractivity contribution in [3.63, 3.8) is 0 Å². The molecule has 1 unspecified atom stereocenters. The average Bonchev–Trinajstić information content (AvgIpc) is 2.90. The molecular formula is C15H15F7N2O2S. The van der Waals surface area contributed by atoms with Crippen LogP contribution >= 0.6 is 11.3 Å². The molecule has 0 aliphatic heterocycles. The Morgan fingerprint density at radius 1 is 1.19 bits per heavy atom. The first kappa shape index (κ1) is 21.5. The largest absolute Gasteiger partial charge is 0.460 e. The van der Waals surface area contributed by atoms with Crippen LogP contribution < -0.4 is 11.1 Å². The van der Waals surface area contributed by atoms with Crippen molar-refractivity contribution in [1.29, 1.82) is 0 Å². The predicted octanol–water partition coefficient (Wildman–Crippen LogP) is 4.13. The number of fused-ring (bicyclic) bond motifs is 1. The van der Waals surface area contributed by atoms with E-state index in [0.29, 0.717) is 41.0 Å². The number of nitrogens with one attached hydrogen (secondary N) is 1. The summed E-state index contributed by atoms with van der Waals surface area (Å²) in [6, 6.07) is 0. The van der Waals surface area contributed by atoms with Crippen LogP contribution in [0.15, 0.2) is 0 Å². The summed E-state index contributed by atoms with van der Waals surface area (Å²) < 4.78 is 89.7. The van der Waals surface area contributed by atoms with E-state index in [2.05, 4.69) is 0 Å². The molecule has 4 nitrogen and oxygen atoms in total. The smallest absolute Gasteiger partial charge is 0.365 e. The van der Waals surface area contributed by atoms with Gasteiger partial charge >= 0.3 is 23.9 Å². The second-order valence-corrected chi connectivity index (χ2v) is 7.30. The lowest BCUT2D eigenvalue weighted by molar-refractivity contribution is -0.343. The lowest BCUT2D eigenvalue weighted by Crippen LogP contribution is -2.57. The van der Waals surface area contributed by atoms with Gasteiger partial charge in [0.1, 0.15) is 5.00 Å². The molecule has 1 aliphatic rings. The summed E-state index contributed by atoms with van der Waals surface area (Å²) in [5.41, 5.74) is 5.26. The number of halogens is 7. The molecule has 1 aromatic heterocycles. The number of thiophene rings is 1. The van der Waals surface area contributed by atoms with Crippen LogP contribution in [-0.2, 0) is 17.6 Å².